The van der Waals surface area contributed by atoms with Crippen molar-refractivity contribution in [2.75, 3.05) is 4.72 Å². The normalized spacial score (nSPS) is 11.2. The molecule has 0 atom stereocenters. The van der Waals surface area contributed by atoms with Crippen LogP contribution in [-0.4, -0.2) is 13.4 Å². The van der Waals surface area contributed by atoms with Gasteiger partial charge in [-0.15, -0.1) is 0 Å². The van der Waals surface area contributed by atoms with E-state index < -0.39 is 10.0 Å². The van der Waals surface area contributed by atoms with Gasteiger partial charge in [0.2, 0.25) is 0 Å². The van der Waals surface area contributed by atoms with Crippen LogP contribution < -0.4 is 4.72 Å². The second-order valence-corrected chi connectivity index (χ2v) is 7.29. The fourth-order valence-corrected chi connectivity index (χ4v) is 3.51. The minimum absolute atomic E-state index is 0.211. The zero-order valence-electron chi connectivity index (χ0n) is 13.5. The molecule has 0 saturated carbocycles. The van der Waals surface area contributed by atoms with Gasteiger partial charge in [-0.25, -0.2) is 13.4 Å². The number of nitrogens with one attached hydrogen (secondary N) is 1. The first kappa shape index (κ1) is 16.2. The maximum Gasteiger partial charge on any atom is 0.263 e. The van der Waals surface area contributed by atoms with Crippen molar-refractivity contribution < 1.29 is 8.42 Å². The summed E-state index contributed by atoms with van der Waals surface area (Å²) >= 11 is 0. The van der Waals surface area contributed by atoms with Crippen molar-refractivity contribution in [3.63, 3.8) is 0 Å². The molecule has 1 heterocycles. The van der Waals surface area contributed by atoms with Crippen molar-refractivity contribution in [1.29, 1.82) is 0 Å². The maximum atomic E-state index is 12.5. The summed E-state index contributed by atoms with van der Waals surface area (Å²) in [7, 11) is -3.65. The van der Waals surface area contributed by atoms with Crippen molar-refractivity contribution in [2.24, 2.45) is 0 Å². The molecule has 3 rings (SSSR count). The Hall–Kier alpha value is -2.66. The molecule has 0 radical (unpaired) electrons. The first-order chi connectivity index (χ1) is 11.5. The van der Waals surface area contributed by atoms with E-state index in [2.05, 4.69) is 9.71 Å². The molecule has 122 valence electrons. The molecule has 2 aromatic carbocycles. The molecule has 0 aliphatic heterocycles. The van der Waals surface area contributed by atoms with Crippen LogP contribution in [0.15, 0.2) is 71.6 Å². The number of aromatic nitrogens is 1. The molecule has 4 nitrogen and oxygen atoms in total. The Balaban J connectivity index is 1.88. The van der Waals surface area contributed by atoms with E-state index in [0.717, 1.165) is 22.4 Å². The van der Waals surface area contributed by atoms with Gasteiger partial charge in [-0.05, 0) is 54.8 Å². The van der Waals surface area contributed by atoms with Crippen LogP contribution in [0.3, 0.4) is 0 Å². The van der Waals surface area contributed by atoms with Crippen LogP contribution >= 0.6 is 0 Å². The third kappa shape index (κ3) is 3.46. The molecule has 0 fully saturated rings. The summed E-state index contributed by atoms with van der Waals surface area (Å²) in [6, 6.07) is 20.1. The highest BCUT2D eigenvalue weighted by atomic mass is 32.2. The Morgan fingerprint density at radius 1 is 0.833 bits per heavy atom. The lowest BCUT2D eigenvalue weighted by atomic mass is 10.0. The lowest BCUT2D eigenvalue weighted by molar-refractivity contribution is 0.601. The minimum Gasteiger partial charge on any atom is -0.263 e. The molecule has 0 spiro atoms. The van der Waals surface area contributed by atoms with Crippen molar-refractivity contribution >= 4 is 15.8 Å². The highest BCUT2D eigenvalue weighted by Gasteiger charge is 2.15. The van der Waals surface area contributed by atoms with Gasteiger partial charge in [-0.2, -0.15) is 0 Å². The number of benzene rings is 2. The number of hydrogen-bond acceptors (Lipinski definition) is 3. The third-order valence-electron chi connectivity index (χ3n) is 3.75. The zero-order chi connectivity index (χ0) is 17.2. The number of aryl methyl sites for hydroxylation is 2. The second kappa shape index (κ2) is 6.45. The van der Waals surface area contributed by atoms with Gasteiger partial charge < -0.3 is 0 Å². The molecular formula is C19H18N2O2S. The van der Waals surface area contributed by atoms with Crippen molar-refractivity contribution in [3.05, 3.63) is 78.0 Å². The summed E-state index contributed by atoms with van der Waals surface area (Å²) < 4.78 is 27.5. The monoisotopic (exact) mass is 338 g/mol. The average Bonchev–Trinajstić information content (AvgIpc) is 2.55. The van der Waals surface area contributed by atoms with Crippen LogP contribution in [0.4, 0.5) is 5.82 Å². The summed E-state index contributed by atoms with van der Waals surface area (Å²) in [6.07, 6.45) is 0. The lowest BCUT2D eigenvalue weighted by Crippen LogP contribution is -2.14. The van der Waals surface area contributed by atoms with Crippen molar-refractivity contribution in [3.8, 4) is 11.1 Å². The Labute approximate surface area is 142 Å². The highest BCUT2D eigenvalue weighted by Crippen LogP contribution is 2.25. The predicted molar refractivity (Wildman–Crippen MR) is 96.4 cm³/mol. The standard InChI is InChI=1S/C19H18N2O2S/c1-14-6-3-4-8-18(14)16-10-12-17(13-11-16)24(22,23)21-19-9-5-7-15(2)20-19/h3-13H,1-2H3,(H,20,21). The number of hydrogen-bond donors (Lipinski definition) is 1. The molecule has 5 heteroatoms. The molecule has 1 aromatic heterocycles. The van der Waals surface area contributed by atoms with E-state index in [1.54, 1.807) is 24.3 Å². The van der Waals surface area contributed by atoms with Crippen LogP contribution in [0.2, 0.25) is 0 Å². The second-order valence-electron chi connectivity index (χ2n) is 5.61. The zero-order valence-corrected chi connectivity index (χ0v) is 14.3. The van der Waals surface area contributed by atoms with Crippen LogP contribution in [0.5, 0.6) is 0 Å². The van der Waals surface area contributed by atoms with Gasteiger partial charge in [0.15, 0.2) is 0 Å². The van der Waals surface area contributed by atoms with Gasteiger partial charge in [0.1, 0.15) is 5.82 Å². The molecule has 0 aliphatic rings. The van der Waals surface area contributed by atoms with Crippen LogP contribution in [-0.2, 0) is 10.0 Å². The largest absolute Gasteiger partial charge is 0.263 e. The summed E-state index contributed by atoms with van der Waals surface area (Å²) in [5.41, 5.74) is 3.98. The number of pyridine rings is 1. The van der Waals surface area contributed by atoms with Gasteiger partial charge in [0.25, 0.3) is 10.0 Å². The van der Waals surface area contributed by atoms with Gasteiger partial charge in [0, 0.05) is 5.69 Å². The third-order valence-corrected chi connectivity index (χ3v) is 5.12. The van der Waals surface area contributed by atoms with Crippen molar-refractivity contribution in [1.82, 2.24) is 4.98 Å². The van der Waals surface area contributed by atoms with E-state index in [-0.39, 0.29) is 4.90 Å². The Kier molecular flexibility index (Phi) is 4.36. The van der Waals surface area contributed by atoms with E-state index >= 15 is 0 Å². The first-order valence-electron chi connectivity index (χ1n) is 7.58. The van der Waals surface area contributed by atoms with E-state index in [9.17, 15) is 8.42 Å². The number of rotatable bonds is 4. The van der Waals surface area contributed by atoms with Gasteiger partial charge in [-0.3, -0.25) is 4.72 Å². The van der Waals surface area contributed by atoms with E-state index in [1.165, 1.54) is 0 Å². The van der Waals surface area contributed by atoms with Crippen LogP contribution in [0, 0.1) is 13.8 Å². The molecule has 0 saturated heterocycles. The van der Waals surface area contributed by atoms with Crippen LogP contribution in [0.1, 0.15) is 11.3 Å². The highest BCUT2D eigenvalue weighted by molar-refractivity contribution is 7.92. The maximum absolute atomic E-state index is 12.5. The van der Waals surface area contributed by atoms with Crippen LogP contribution in [0.25, 0.3) is 11.1 Å². The summed E-state index contributed by atoms with van der Waals surface area (Å²) in [4.78, 5) is 4.38. The van der Waals surface area contributed by atoms with E-state index in [1.807, 2.05) is 56.3 Å². The number of nitrogens with zero attached hydrogens (tertiary/aromatic N) is 1. The van der Waals surface area contributed by atoms with Gasteiger partial charge in [-0.1, -0.05) is 42.5 Å². The molecule has 24 heavy (non-hydrogen) atoms. The minimum atomic E-state index is -3.65. The quantitative estimate of drug-likeness (QED) is 0.777. The summed E-state index contributed by atoms with van der Waals surface area (Å²) in [5.74, 6) is 0.318. The number of sulfonamides is 1. The number of anilines is 1. The topological polar surface area (TPSA) is 59.1 Å². The molecule has 0 amide bonds. The van der Waals surface area contributed by atoms with Gasteiger partial charge >= 0.3 is 0 Å². The molecular weight excluding hydrogens is 320 g/mol. The van der Waals surface area contributed by atoms with E-state index in [4.69, 9.17) is 0 Å². The Morgan fingerprint density at radius 2 is 1.54 bits per heavy atom. The molecule has 0 aliphatic carbocycles. The van der Waals surface area contributed by atoms with Crippen molar-refractivity contribution in [2.45, 2.75) is 18.7 Å². The summed E-state index contributed by atoms with van der Waals surface area (Å²) in [6.45, 7) is 3.85. The average molecular weight is 338 g/mol. The van der Waals surface area contributed by atoms with E-state index in [0.29, 0.717) is 5.82 Å². The molecule has 3 aromatic rings. The lowest BCUT2D eigenvalue weighted by Gasteiger charge is -2.10. The first-order valence-corrected chi connectivity index (χ1v) is 9.06. The molecule has 0 unspecified atom stereocenters. The fourth-order valence-electron chi connectivity index (χ4n) is 2.51. The Morgan fingerprint density at radius 3 is 2.21 bits per heavy atom. The molecule has 0 bridgehead atoms. The predicted octanol–water partition coefficient (Wildman–Crippen LogP) is 4.17. The fraction of sp³-hybridized carbons (Fsp3) is 0.105. The smallest absolute Gasteiger partial charge is 0.263 e. The Bertz CT molecular complexity index is 965. The van der Waals surface area contributed by atoms with Gasteiger partial charge in [0.05, 0.1) is 4.90 Å². The summed E-state index contributed by atoms with van der Waals surface area (Å²) in [5, 5.41) is 0. The SMILES string of the molecule is Cc1cccc(NS(=O)(=O)c2ccc(-c3ccccc3C)cc2)n1. The molecule has 1 N–H and O–H groups in total.